The summed E-state index contributed by atoms with van der Waals surface area (Å²) in [4.78, 5) is 18.5. The lowest BCUT2D eigenvalue weighted by Crippen LogP contribution is -2.37. The predicted molar refractivity (Wildman–Crippen MR) is 140 cm³/mol. The molecule has 0 amide bonds. The van der Waals surface area contributed by atoms with Gasteiger partial charge in [-0.25, -0.2) is 4.68 Å². The average molecular weight is 487 g/mol. The van der Waals surface area contributed by atoms with Crippen molar-refractivity contribution in [3.05, 3.63) is 87.5 Å². The molecule has 0 bridgehead atoms. The van der Waals surface area contributed by atoms with Crippen molar-refractivity contribution >= 4 is 10.9 Å². The minimum Gasteiger partial charge on any atom is -0.377 e. The van der Waals surface area contributed by atoms with E-state index in [4.69, 9.17) is 4.74 Å². The Kier molecular flexibility index (Phi) is 7.53. The SMILES string of the molecule is CCc1ccc2[nH]c(=O)c(CN(CC3CCCO3)C(CC)c3nnnn3Cc3ccccc3)cc2c1. The average Bonchev–Trinajstić information content (AvgIpc) is 3.58. The Balaban J connectivity index is 1.48. The number of tetrazole rings is 1. The maximum Gasteiger partial charge on any atom is 0.252 e. The molecule has 2 atom stereocenters. The summed E-state index contributed by atoms with van der Waals surface area (Å²) in [6.07, 6.45) is 4.00. The number of pyridine rings is 1. The number of aryl methyl sites for hydroxylation is 1. The number of hydrogen-bond donors (Lipinski definition) is 1. The van der Waals surface area contributed by atoms with Crippen LogP contribution in [0.1, 0.15) is 61.7 Å². The first-order chi connectivity index (χ1) is 17.6. The topological polar surface area (TPSA) is 88.9 Å². The highest BCUT2D eigenvalue weighted by Gasteiger charge is 2.29. The molecule has 1 aliphatic rings. The molecule has 188 valence electrons. The highest BCUT2D eigenvalue weighted by molar-refractivity contribution is 5.79. The number of ether oxygens (including phenoxy) is 1. The maximum absolute atomic E-state index is 13.1. The fourth-order valence-corrected chi connectivity index (χ4v) is 5.13. The van der Waals surface area contributed by atoms with Gasteiger partial charge in [-0.1, -0.05) is 50.2 Å². The lowest BCUT2D eigenvalue weighted by molar-refractivity contribution is 0.0489. The van der Waals surface area contributed by atoms with E-state index in [1.807, 2.05) is 35.0 Å². The summed E-state index contributed by atoms with van der Waals surface area (Å²) in [7, 11) is 0. The molecule has 0 aliphatic carbocycles. The van der Waals surface area contributed by atoms with Crippen LogP contribution >= 0.6 is 0 Å². The van der Waals surface area contributed by atoms with Crippen molar-refractivity contribution in [3.8, 4) is 0 Å². The van der Waals surface area contributed by atoms with Crippen LogP contribution in [0.3, 0.4) is 0 Å². The van der Waals surface area contributed by atoms with E-state index in [9.17, 15) is 4.79 Å². The first-order valence-corrected chi connectivity index (χ1v) is 12.9. The zero-order chi connectivity index (χ0) is 24.9. The Bertz CT molecular complexity index is 1340. The van der Waals surface area contributed by atoms with Crippen LogP contribution in [-0.2, 0) is 24.2 Å². The number of hydrogen-bond acceptors (Lipinski definition) is 6. The van der Waals surface area contributed by atoms with Crippen molar-refractivity contribution in [2.75, 3.05) is 13.2 Å². The third kappa shape index (κ3) is 5.39. The lowest BCUT2D eigenvalue weighted by atomic mass is 10.1. The van der Waals surface area contributed by atoms with Crippen LogP contribution in [0.4, 0.5) is 0 Å². The van der Waals surface area contributed by atoms with E-state index in [2.05, 4.69) is 63.5 Å². The minimum atomic E-state index is -0.0529. The summed E-state index contributed by atoms with van der Waals surface area (Å²) in [6, 6.07) is 18.4. The summed E-state index contributed by atoms with van der Waals surface area (Å²) < 4.78 is 7.88. The largest absolute Gasteiger partial charge is 0.377 e. The molecule has 5 rings (SSSR count). The molecule has 1 fully saturated rings. The zero-order valence-electron chi connectivity index (χ0n) is 21.1. The number of aromatic nitrogens is 5. The molecule has 0 radical (unpaired) electrons. The quantitative estimate of drug-likeness (QED) is 0.360. The molecule has 2 unspecified atom stereocenters. The van der Waals surface area contributed by atoms with Gasteiger partial charge >= 0.3 is 0 Å². The van der Waals surface area contributed by atoms with Crippen molar-refractivity contribution in [2.45, 2.75) is 64.8 Å². The molecule has 1 saturated heterocycles. The van der Waals surface area contributed by atoms with Crippen molar-refractivity contribution in [1.29, 1.82) is 0 Å². The van der Waals surface area contributed by atoms with Crippen LogP contribution in [0.5, 0.6) is 0 Å². The molecule has 3 heterocycles. The highest BCUT2D eigenvalue weighted by atomic mass is 16.5. The molecule has 36 heavy (non-hydrogen) atoms. The Morgan fingerprint density at radius 2 is 2.00 bits per heavy atom. The summed E-state index contributed by atoms with van der Waals surface area (Å²) in [5.41, 5.74) is 3.95. The summed E-state index contributed by atoms with van der Waals surface area (Å²) in [5, 5.41) is 13.8. The zero-order valence-corrected chi connectivity index (χ0v) is 21.1. The normalized spacial score (nSPS) is 16.7. The van der Waals surface area contributed by atoms with E-state index < -0.39 is 0 Å². The van der Waals surface area contributed by atoms with Gasteiger partial charge in [0.1, 0.15) is 0 Å². The first kappa shape index (κ1) is 24.3. The van der Waals surface area contributed by atoms with E-state index in [-0.39, 0.29) is 17.7 Å². The van der Waals surface area contributed by atoms with Gasteiger partial charge in [0.2, 0.25) is 0 Å². The van der Waals surface area contributed by atoms with Gasteiger partial charge in [0.05, 0.1) is 18.7 Å². The molecule has 2 aromatic carbocycles. The van der Waals surface area contributed by atoms with Gasteiger partial charge in [0.15, 0.2) is 5.82 Å². The van der Waals surface area contributed by atoms with E-state index in [0.717, 1.165) is 66.7 Å². The van der Waals surface area contributed by atoms with Crippen molar-refractivity contribution in [2.24, 2.45) is 0 Å². The van der Waals surface area contributed by atoms with Crippen molar-refractivity contribution in [1.82, 2.24) is 30.1 Å². The number of nitrogens with one attached hydrogen (secondary N) is 1. The van der Waals surface area contributed by atoms with Crippen LogP contribution in [0.25, 0.3) is 10.9 Å². The van der Waals surface area contributed by atoms with Gasteiger partial charge in [-0.05, 0) is 70.8 Å². The molecule has 8 nitrogen and oxygen atoms in total. The van der Waals surface area contributed by atoms with E-state index >= 15 is 0 Å². The summed E-state index contributed by atoms with van der Waals surface area (Å²) >= 11 is 0. The summed E-state index contributed by atoms with van der Waals surface area (Å²) in [6.45, 7) is 6.90. The third-order valence-corrected chi connectivity index (χ3v) is 7.09. The summed E-state index contributed by atoms with van der Waals surface area (Å²) in [5.74, 6) is 0.810. The van der Waals surface area contributed by atoms with E-state index in [0.29, 0.717) is 13.1 Å². The monoisotopic (exact) mass is 486 g/mol. The third-order valence-electron chi connectivity index (χ3n) is 7.09. The highest BCUT2D eigenvalue weighted by Crippen LogP contribution is 2.27. The second-order valence-electron chi connectivity index (χ2n) is 9.57. The predicted octanol–water partition coefficient (Wildman–Crippen LogP) is 4.26. The smallest absolute Gasteiger partial charge is 0.252 e. The first-order valence-electron chi connectivity index (χ1n) is 12.9. The second kappa shape index (κ2) is 11.1. The van der Waals surface area contributed by atoms with Gasteiger partial charge in [-0.15, -0.1) is 5.10 Å². The number of rotatable bonds is 10. The van der Waals surface area contributed by atoms with Gasteiger partial charge < -0.3 is 9.72 Å². The molecular formula is C28H34N6O2. The minimum absolute atomic E-state index is 0.0509. The van der Waals surface area contributed by atoms with Crippen LogP contribution in [0.2, 0.25) is 0 Å². The second-order valence-corrected chi connectivity index (χ2v) is 9.57. The maximum atomic E-state index is 13.1. The van der Waals surface area contributed by atoms with Gasteiger partial charge in [-0.2, -0.15) is 0 Å². The Labute approximate surface area is 211 Å². The lowest BCUT2D eigenvalue weighted by Gasteiger charge is -2.32. The van der Waals surface area contributed by atoms with Gasteiger partial charge in [0, 0.05) is 30.8 Å². The van der Waals surface area contributed by atoms with Gasteiger partial charge in [-0.3, -0.25) is 9.69 Å². The van der Waals surface area contributed by atoms with E-state index in [1.165, 1.54) is 5.56 Å². The molecule has 2 aromatic heterocycles. The Morgan fingerprint density at radius 1 is 1.14 bits per heavy atom. The van der Waals surface area contributed by atoms with Crippen molar-refractivity contribution < 1.29 is 4.74 Å². The molecule has 4 aromatic rings. The van der Waals surface area contributed by atoms with Gasteiger partial charge in [0.25, 0.3) is 5.56 Å². The fraction of sp³-hybridized carbons (Fsp3) is 0.429. The molecule has 0 saturated carbocycles. The number of benzene rings is 2. The molecular weight excluding hydrogens is 452 g/mol. The number of H-pyrrole nitrogens is 1. The number of fused-ring (bicyclic) bond motifs is 1. The van der Waals surface area contributed by atoms with Crippen LogP contribution in [-0.4, -0.2) is 49.3 Å². The van der Waals surface area contributed by atoms with Crippen molar-refractivity contribution in [3.63, 3.8) is 0 Å². The molecule has 1 aliphatic heterocycles. The van der Waals surface area contributed by atoms with Crippen LogP contribution < -0.4 is 5.56 Å². The molecule has 8 heteroatoms. The Hall–Kier alpha value is -3.36. The number of nitrogens with zero attached hydrogens (tertiary/aromatic N) is 5. The standard InChI is InChI=1S/C28H34N6O2/c1-3-20-12-13-25-22(15-20)16-23(28(35)29-25)18-33(19-24-11-8-14-36-24)26(4-2)27-30-31-32-34(27)17-21-9-6-5-7-10-21/h5-7,9-10,12-13,15-16,24,26H,3-4,8,11,14,17-19H2,1-2H3,(H,29,35). The van der Waals surface area contributed by atoms with E-state index in [1.54, 1.807) is 0 Å². The molecule has 1 N–H and O–H groups in total. The number of aromatic amines is 1. The fourth-order valence-electron chi connectivity index (χ4n) is 5.13. The van der Waals surface area contributed by atoms with Crippen LogP contribution in [0, 0.1) is 0 Å². The Morgan fingerprint density at radius 3 is 2.75 bits per heavy atom. The molecule has 0 spiro atoms. The van der Waals surface area contributed by atoms with Crippen LogP contribution in [0.15, 0.2) is 59.4 Å².